The summed E-state index contributed by atoms with van der Waals surface area (Å²) in [6.07, 6.45) is 1.78. The summed E-state index contributed by atoms with van der Waals surface area (Å²) >= 11 is 0. The lowest BCUT2D eigenvalue weighted by molar-refractivity contribution is -0.0192. The van der Waals surface area contributed by atoms with Gasteiger partial charge >= 0.3 is 0 Å². The molecule has 10 heteroatoms. The van der Waals surface area contributed by atoms with Gasteiger partial charge in [0.15, 0.2) is 11.6 Å². The van der Waals surface area contributed by atoms with Gasteiger partial charge in [0.2, 0.25) is 11.7 Å². The highest BCUT2D eigenvalue weighted by atomic mass is 16.5. The Labute approximate surface area is 191 Å². The van der Waals surface area contributed by atoms with Crippen molar-refractivity contribution in [3.8, 4) is 34.3 Å². The van der Waals surface area contributed by atoms with Crippen LogP contribution >= 0.6 is 0 Å². The molecule has 1 aromatic carbocycles. The largest absolute Gasteiger partial charge is 0.497 e. The number of hydrogen-bond acceptors (Lipinski definition) is 8. The zero-order valence-electron chi connectivity index (χ0n) is 19.7. The second-order valence-electron chi connectivity index (χ2n) is 9.33. The van der Waals surface area contributed by atoms with Crippen molar-refractivity contribution in [3.05, 3.63) is 41.9 Å². The molecule has 0 fully saturated rings. The molecule has 0 saturated carbocycles. The Hall–Kier alpha value is -3.53. The number of methoxy groups -OCH3 is 1. The number of hydrogen-bond donors (Lipinski definition) is 0. The van der Waals surface area contributed by atoms with E-state index in [1.54, 1.807) is 13.4 Å². The van der Waals surface area contributed by atoms with Gasteiger partial charge in [0.05, 0.1) is 30.6 Å². The lowest BCUT2D eigenvalue weighted by atomic mass is 10.1. The maximum Gasteiger partial charge on any atom is 0.229 e. The number of aromatic nitrogens is 7. The summed E-state index contributed by atoms with van der Waals surface area (Å²) in [4.78, 5) is 9.23. The summed E-state index contributed by atoms with van der Waals surface area (Å²) in [6.45, 7) is 10.9. The van der Waals surface area contributed by atoms with Crippen LogP contribution < -0.4 is 4.74 Å². The van der Waals surface area contributed by atoms with Crippen LogP contribution in [-0.2, 0) is 17.9 Å². The molecule has 0 amide bonds. The van der Waals surface area contributed by atoms with Crippen molar-refractivity contribution in [1.82, 2.24) is 34.5 Å². The van der Waals surface area contributed by atoms with E-state index in [0.717, 1.165) is 34.3 Å². The lowest BCUT2D eigenvalue weighted by Gasteiger charge is -2.19. The van der Waals surface area contributed by atoms with Crippen molar-refractivity contribution in [2.45, 2.75) is 59.3 Å². The van der Waals surface area contributed by atoms with Crippen LogP contribution in [0.15, 0.2) is 29.0 Å². The molecule has 33 heavy (non-hydrogen) atoms. The Morgan fingerprint density at radius 1 is 1.18 bits per heavy atom. The first-order valence-electron chi connectivity index (χ1n) is 10.9. The zero-order valence-corrected chi connectivity index (χ0v) is 19.7. The fraction of sp³-hybridized carbons (Fsp3) is 0.435. The average Bonchev–Trinajstić information content (AvgIpc) is 3.48. The van der Waals surface area contributed by atoms with E-state index in [1.807, 2.05) is 57.4 Å². The van der Waals surface area contributed by atoms with Crippen LogP contribution in [0.4, 0.5) is 0 Å². The molecule has 1 aliphatic heterocycles. The van der Waals surface area contributed by atoms with E-state index in [-0.39, 0.29) is 11.5 Å². The second kappa shape index (κ2) is 7.80. The first-order valence-corrected chi connectivity index (χ1v) is 10.9. The molecule has 4 heterocycles. The number of benzene rings is 1. The third kappa shape index (κ3) is 3.80. The van der Waals surface area contributed by atoms with E-state index in [9.17, 15) is 0 Å². The molecule has 3 aromatic heterocycles. The number of imidazole rings is 1. The van der Waals surface area contributed by atoms with Gasteiger partial charge in [-0.15, -0.1) is 10.2 Å². The second-order valence-corrected chi connectivity index (χ2v) is 9.33. The van der Waals surface area contributed by atoms with Gasteiger partial charge in [0.25, 0.3) is 0 Å². The summed E-state index contributed by atoms with van der Waals surface area (Å²) in [5.74, 6) is 3.37. The molecule has 1 aliphatic rings. The van der Waals surface area contributed by atoms with E-state index >= 15 is 0 Å². The predicted octanol–water partition coefficient (Wildman–Crippen LogP) is 3.99. The Morgan fingerprint density at radius 2 is 2.00 bits per heavy atom. The molecule has 0 unspecified atom stereocenters. The number of fused-ring (bicyclic) bond motifs is 5. The van der Waals surface area contributed by atoms with Crippen molar-refractivity contribution < 1.29 is 14.0 Å². The Morgan fingerprint density at radius 3 is 2.70 bits per heavy atom. The van der Waals surface area contributed by atoms with Crippen molar-refractivity contribution in [1.29, 1.82) is 0 Å². The van der Waals surface area contributed by atoms with Gasteiger partial charge in [-0.25, -0.2) is 4.98 Å². The smallest absolute Gasteiger partial charge is 0.229 e. The minimum Gasteiger partial charge on any atom is -0.497 e. The molecule has 0 saturated heterocycles. The van der Waals surface area contributed by atoms with Crippen molar-refractivity contribution in [2.75, 3.05) is 7.11 Å². The van der Waals surface area contributed by atoms with Crippen LogP contribution in [0, 0.1) is 0 Å². The fourth-order valence-corrected chi connectivity index (χ4v) is 3.75. The molecule has 0 N–H and O–H groups in total. The molecule has 4 aromatic rings. The van der Waals surface area contributed by atoms with Crippen LogP contribution in [-0.4, -0.2) is 47.2 Å². The molecule has 5 rings (SSSR count). The van der Waals surface area contributed by atoms with E-state index < -0.39 is 0 Å². The van der Waals surface area contributed by atoms with Crippen LogP contribution in [0.2, 0.25) is 0 Å². The SMILES string of the molecule is COc1ccc2c(c1)-c1nnc(COC(C)(C)C)n1Cc1c(-c3noc(C(C)C)n3)ncn1-2. The van der Waals surface area contributed by atoms with Crippen LogP contribution in [0.25, 0.3) is 28.6 Å². The average molecular weight is 450 g/mol. The van der Waals surface area contributed by atoms with E-state index in [2.05, 4.69) is 29.9 Å². The predicted molar refractivity (Wildman–Crippen MR) is 120 cm³/mol. The van der Waals surface area contributed by atoms with E-state index in [4.69, 9.17) is 14.0 Å². The van der Waals surface area contributed by atoms with E-state index in [1.165, 1.54) is 0 Å². The quantitative estimate of drug-likeness (QED) is 0.396. The van der Waals surface area contributed by atoms with Crippen molar-refractivity contribution in [3.63, 3.8) is 0 Å². The Bertz CT molecular complexity index is 1310. The highest BCUT2D eigenvalue weighted by Gasteiger charge is 2.29. The summed E-state index contributed by atoms with van der Waals surface area (Å²) < 4.78 is 21.0. The maximum absolute atomic E-state index is 6.02. The van der Waals surface area contributed by atoms with Gasteiger partial charge in [-0.05, 0) is 39.0 Å². The monoisotopic (exact) mass is 449 g/mol. The van der Waals surface area contributed by atoms with Gasteiger partial charge in [0, 0.05) is 11.5 Å². The molecule has 0 bridgehead atoms. The Kier molecular flexibility index (Phi) is 5.04. The normalized spacial score (nSPS) is 12.9. The van der Waals surface area contributed by atoms with E-state index in [0.29, 0.717) is 30.6 Å². The molecule has 0 radical (unpaired) electrons. The molecule has 10 nitrogen and oxygen atoms in total. The van der Waals surface area contributed by atoms with Crippen molar-refractivity contribution >= 4 is 0 Å². The standard InChI is InChI=1S/C23H27N7O3/c1-13(2)22-25-20(28-33-22)19-17-10-29-18(11-32-23(3,4)5)26-27-21(29)15-9-14(31-6)7-8-16(15)30(17)12-24-19/h7-9,12-13H,10-11H2,1-6H3. The topological polar surface area (TPSA) is 106 Å². The molecule has 172 valence electrons. The van der Waals surface area contributed by atoms with Crippen LogP contribution in [0.1, 0.15) is 57.9 Å². The lowest BCUT2D eigenvalue weighted by Crippen LogP contribution is -2.20. The van der Waals surface area contributed by atoms with Crippen molar-refractivity contribution in [2.24, 2.45) is 0 Å². The minimum absolute atomic E-state index is 0.131. The van der Waals surface area contributed by atoms with Gasteiger partial charge in [-0.1, -0.05) is 19.0 Å². The summed E-state index contributed by atoms with van der Waals surface area (Å²) in [7, 11) is 1.65. The molecule has 0 aliphatic carbocycles. The van der Waals surface area contributed by atoms with Gasteiger partial charge in [-0.3, -0.25) is 4.57 Å². The highest BCUT2D eigenvalue weighted by Crippen LogP contribution is 2.36. The van der Waals surface area contributed by atoms with Gasteiger partial charge in [0.1, 0.15) is 24.4 Å². The molecule has 0 spiro atoms. The summed E-state index contributed by atoms with van der Waals surface area (Å²) in [5.41, 5.74) is 3.09. The van der Waals surface area contributed by atoms with Gasteiger partial charge < -0.3 is 18.6 Å². The highest BCUT2D eigenvalue weighted by molar-refractivity contribution is 5.72. The summed E-state index contributed by atoms with van der Waals surface area (Å²) in [5, 5.41) is 13.2. The number of rotatable bonds is 5. The van der Waals surface area contributed by atoms with Gasteiger partial charge in [-0.2, -0.15) is 4.98 Å². The maximum atomic E-state index is 6.02. The summed E-state index contributed by atoms with van der Waals surface area (Å²) in [6, 6.07) is 5.88. The first-order chi connectivity index (χ1) is 15.7. The van der Waals surface area contributed by atoms with Crippen LogP contribution in [0.3, 0.4) is 0 Å². The molecular formula is C23H27N7O3. The number of ether oxygens (including phenoxy) is 2. The van der Waals surface area contributed by atoms with Crippen LogP contribution in [0.5, 0.6) is 5.75 Å². The fourth-order valence-electron chi connectivity index (χ4n) is 3.75. The zero-order chi connectivity index (χ0) is 23.3. The molecule has 0 atom stereocenters. The molecular weight excluding hydrogens is 422 g/mol. The third-order valence-corrected chi connectivity index (χ3v) is 5.49. The minimum atomic E-state index is -0.303. The Balaban J connectivity index is 1.68. The first kappa shape index (κ1) is 21.3. The number of nitrogens with zero attached hydrogens (tertiary/aromatic N) is 7. The third-order valence-electron chi connectivity index (χ3n) is 5.49.